The Morgan fingerprint density at radius 2 is 1.74 bits per heavy atom. The minimum atomic E-state index is 0.690. The molecule has 0 aromatic heterocycles. The summed E-state index contributed by atoms with van der Waals surface area (Å²) in [6.45, 7) is 11.6. The topological polar surface area (TPSA) is 15.3 Å². The summed E-state index contributed by atoms with van der Waals surface area (Å²) in [6.07, 6.45) is 8.31. The maximum absolute atomic E-state index is 3.61. The monoisotopic (exact) mass is 268 g/mol. The highest BCUT2D eigenvalue weighted by atomic mass is 15.2. The standard InChI is InChI=1S/C17H36N2/c1-6-12-18-13-17(14(3)4)19(5)16-10-8-15(7-2)9-11-16/h14-18H,6-13H2,1-5H3. The zero-order chi connectivity index (χ0) is 14.3. The van der Waals surface area contributed by atoms with Gasteiger partial charge in [-0.3, -0.25) is 4.90 Å². The number of hydrogen-bond donors (Lipinski definition) is 1. The van der Waals surface area contributed by atoms with Crippen LogP contribution in [0.1, 0.15) is 66.2 Å². The molecule has 1 atom stereocenters. The lowest BCUT2D eigenvalue weighted by molar-refractivity contribution is 0.0934. The molecule has 1 saturated carbocycles. The number of nitrogens with one attached hydrogen (secondary N) is 1. The van der Waals surface area contributed by atoms with Crippen LogP contribution in [0.2, 0.25) is 0 Å². The van der Waals surface area contributed by atoms with E-state index in [-0.39, 0.29) is 0 Å². The first kappa shape index (κ1) is 17.0. The van der Waals surface area contributed by atoms with Crippen molar-refractivity contribution in [3.63, 3.8) is 0 Å². The van der Waals surface area contributed by atoms with Gasteiger partial charge >= 0.3 is 0 Å². The highest BCUT2D eigenvalue weighted by Gasteiger charge is 2.28. The van der Waals surface area contributed by atoms with E-state index in [1.54, 1.807) is 0 Å². The molecule has 1 aliphatic carbocycles. The van der Waals surface area contributed by atoms with E-state index in [4.69, 9.17) is 0 Å². The molecule has 0 aromatic carbocycles. The molecule has 1 N–H and O–H groups in total. The van der Waals surface area contributed by atoms with Crippen molar-refractivity contribution in [3.8, 4) is 0 Å². The second-order valence-corrected chi connectivity index (χ2v) is 6.76. The first-order chi connectivity index (χ1) is 9.10. The van der Waals surface area contributed by atoms with Gasteiger partial charge in [0.25, 0.3) is 0 Å². The summed E-state index contributed by atoms with van der Waals surface area (Å²) in [5.74, 6) is 1.73. The minimum absolute atomic E-state index is 0.690. The van der Waals surface area contributed by atoms with Crippen molar-refractivity contribution in [1.29, 1.82) is 0 Å². The smallest absolute Gasteiger partial charge is 0.0243 e. The molecule has 19 heavy (non-hydrogen) atoms. The van der Waals surface area contributed by atoms with Crippen molar-refractivity contribution in [2.45, 2.75) is 78.3 Å². The number of hydrogen-bond acceptors (Lipinski definition) is 2. The first-order valence-corrected chi connectivity index (χ1v) is 8.52. The fraction of sp³-hybridized carbons (Fsp3) is 1.00. The maximum Gasteiger partial charge on any atom is 0.0243 e. The molecule has 0 spiro atoms. The molecule has 1 rings (SSSR count). The van der Waals surface area contributed by atoms with E-state index in [1.165, 1.54) is 38.5 Å². The molecule has 0 heterocycles. The Labute approximate surface area is 121 Å². The van der Waals surface area contributed by atoms with Gasteiger partial charge in [0.1, 0.15) is 0 Å². The van der Waals surface area contributed by atoms with E-state index >= 15 is 0 Å². The van der Waals surface area contributed by atoms with E-state index in [1.807, 2.05) is 0 Å². The number of likely N-dealkylation sites (N-methyl/N-ethyl adjacent to an activating group) is 1. The van der Waals surface area contributed by atoms with Crippen LogP contribution in [-0.2, 0) is 0 Å². The minimum Gasteiger partial charge on any atom is -0.315 e. The zero-order valence-electron chi connectivity index (χ0n) is 13.9. The van der Waals surface area contributed by atoms with Crippen LogP contribution in [0, 0.1) is 11.8 Å². The molecular formula is C17H36N2. The molecule has 0 bridgehead atoms. The third kappa shape index (κ3) is 5.43. The van der Waals surface area contributed by atoms with Crippen LogP contribution >= 0.6 is 0 Å². The van der Waals surface area contributed by atoms with E-state index in [0.29, 0.717) is 6.04 Å². The van der Waals surface area contributed by atoms with Crippen molar-refractivity contribution in [2.75, 3.05) is 20.1 Å². The molecule has 1 unspecified atom stereocenters. The second-order valence-electron chi connectivity index (χ2n) is 6.76. The third-order valence-electron chi connectivity index (χ3n) is 5.04. The average molecular weight is 268 g/mol. The lowest BCUT2D eigenvalue weighted by Crippen LogP contribution is -2.49. The normalized spacial score (nSPS) is 26.1. The van der Waals surface area contributed by atoms with Crippen molar-refractivity contribution in [3.05, 3.63) is 0 Å². The summed E-state index contributed by atoms with van der Waals surface area (Å²) in [5, 5.41) is 3.61. The predicted octanol–water partition coefficient (Wildman–Crippen LogP) is 3.91. The van der Waals surface area contributed by atoms with E-state index < -0.39 is 0 Å². The quantitative estimate of drug-likeness (QED) is 0.671. The summed E-state index contributed by atoms with van der Waals surface area (Å²) >= 11 is 0. The van der Waals surface area contributed by atoms with Crippen LogP contribution in [0.3, 0.4) is 0 Å². The zero-order valence-corrected chi connectivity index (χ0v) is 13.9. The lowest BCUT2D eigenvalue weighted by Gasteiger charge is -2.41. The molecule has 1 aliphatic rings. The summed E-state index contributed by atoms with van der Waals surface area (Å²) in [6, 6.07) is 1.51. The summed E-state index contributed by atoms with van der Waals surface area (Å²) in [5.41, 5.74) is 0. The van der Waals surface area contributed by atoms with Gasteiger partial charge in [-0.1, -0.05) is 34.1 Å². The van der Waals surface area contributed by atoms with Crippen LogP contribution in [0.25, 0.3) is 0 Å². The molecule has 114 valence electrons. The second kappa shape index (κ2) is 8.97. The van der Waals surface area contributed by atoms with E-state index in [2.05, 4.69) is 45.0 Å². The Bertz CT molecular complexity index is 219. The van der Waals surface area contributed by atoms with Crippen LogP contribution in [0.5, 0.6) is 0 Å². The fourth-order valence-corrected chi connectivity index (χ4v) is 3.51. The van der Waals surface area contributed by atoms with Gasteiger partial charge in [0.05, 0.1) is 0 Å². The molecule has 0 amide bonds. The third-order valence-corrected chi connectivity index (χ3v) is 5.04. The van der Waals surface area contributed by atoms with Gasteiger partial charge in [-0.05, 0) is 57.5 Å². The average Bonchev–Trinajstić information content (AvgIpc) is 2.42. The highest BCUT2D eigenvalue weighted by molar-refractivity contribution is 4.84. The molecule has 0 aliphatic heterocycles. The molecule has 1 fully saturated rings. The summed E-state index contributed by atoms with van der Waals surface area (Å²) < 4.78 is 0. The van der Waals surface area contributed by atoms with Crippen molar-refractivity contribution >= 4 is 0 Å². The van der Waals surface area contributed by atoms with Gasteiger partial charge in [-0.25, -0.2) is 0 Å². The van der Waals surface area contributed by atoms with Crippen molar-refractivity contribution in [1.82, 2.24) is 10.2 Å². The Kier molecular flexibility index (Phi) is 8.01. The Morgan fingerprint density at radius 1 is 1.11 bits per heavy atom. The lowest BCUT2D eigenvalue weighted by atomic mass is 9.83. The Balaban J connectivity index is 2.44. The van der Waals surface area contributed by atoms with Crippen molar-refractivity contribution in [2.24, 2.45) is 11.8 Å². The maximum atomic E-state index is 3.61. The predicted molar refractivity (Wildman–Crippen MR) is 85.6 cm³/mol. The van der Waals surface area contributed by atoms with Crippen LogP contribution in [0.4, 0.5) is 0 Å². The summed E-state index contributed by atoms with van der Waals surface area (Å²) in [7, 11) is 2.36. The van der Waals surface area contributed by atoms with Gasteiger partial charge in [0, 0.05) is 18.6 Å². The highest BCUT2D eigenvalue weighted by Crippen LogP contribution is 2.30. The first-order valence-electron chi connectivity index (χ1n) is 8.52. The van der Waals surface area contributed by atoms with Gasteiger partial charge in [-0.2, -0.15) is 0 Å². The molecule has 2 nitrogen and oxygen atoms in total. The van der Waals surface area contributed by atoms with Gasteiger partial charge in [-0.15, -0.1) is 0 Å². The fourth-order valence-electron chi connectivity index (χ4n) is 3.51. The van der Waals surface area contributed by atoms with Crippen LogP contribution < -0.4 is 5.32 Å². The molecule has 0 radical (unpaired) electrons. The van der Waals surface area contributed by atoms with E-state index in [9.17, 15) is 0 Å². The van der Waals surface area contributed by atoms with Gasteiger partial charge in [0.15, 0.2) is 0 Å². The van der Waals surface area contributed by atoms with E-state index in [0.717, 1.165) is 31.0 Å². The molecule has 0 aromatic rings. The van der Waals surface area contributed by atoms with Crippen LogP contribution in [-0.4, -0.2) is 37.1 Å². The van der Waals surface area contributed by atoms with Gasteiger partial charge in [0.2, 0.25) is 0 Å². The Morgan fingerprint density at radius 3 is 2.21 bits per heavy atom. The Hall–Kier alpha value is -0.0800. The number of nitrogens with zero attached hydrogens (tertiary/aromatic N) is 1. The van der Waals surface area contributed by atoms with Crippen molar-refractivity contribution < 1.29 is 0 Å². The van der Waals surface area contributed by atoms with Gasteiger partial charge < -0.3 is 5.32 Å². The largest absolute Gasteiger partial charge is 0.315 e. The summed E-state index contributed by atoms with van der Waals surface area (Å²) in [4.78, 5) is 2.68. The van der Waals surface area contributed by atoms with Crippen LogP contribution in [0.15, 0.2) is 0 Å². The molecule has 2 heteroatoms. The number of rotatable bonds is 8. The molecule has 0 saturated heterocycles. The molecular weight excluding hydrogens is 232 g/mol. The SMILES string of the molecule is CCCNCC(C(C)C)N(C)C1CCC(CC)CC1.